The Morgan fingerprint density at radius 2 is 1.91 bits per heavy atom. The van der Waals surface area contributed by atoms with Gasteiger partial charge in [-0.3, -0.25) is 4.79 Å². The Kier molecular flexibility index (Phi) is 7.29. The zero-order valence-electron chi connectivity index (χ0n) is 19.8. The molecule has 2 aliphatic rings. The van der Waals surface area contributed by atoms with Crippen molar-refractivity contribution in [2.75, 3.05) is 34.0 Å². The van der Waals surface area contributed by atoms with E-state index in [2.05, 4.69) is 19.2 Å². The normalized spacial score (nSPS) is 19.9. The summed E-state index contributed by atoms with van der Waals surface area (Å²) in [6, 6.07) is 5.50. The van der Waals surface area contributed by atoms with E-state index >= 15 is 0 Å². The largest absolute Gasteiger partial charge is 0.493 e. The number of rotatable bonds is 8. The fraction of sp³-hybridized carbons (Fsp3) is 0.520. The topological polar surface area (TPSA) is 83.1 Å². The number of ether oxygens (including phenoxy) is 4. The van der Waals surface area contributed by atoms with Gasteiger partial charge in [0.05, 0.1) is 32.3 Å². The summed E-state index contributed by atoms with van der Waals surface area (Å²) in [4.78, 5) is 26.6. The van der Waals surface area contributed by atoms with Gasteiger partial charge in [-0.2, -0.15) is 0 Å². The molecule has 0 spiro atoms. The molecule has 7 heteroatoms. The molecule has 1 aromatic rings. The van der Waals surface area contributed by atoms with Gasteiger partial charge in [-0.1, -0.05) is 26.0 Å². The standard InChI is InChI=1S/C25H33NO6/c1-7-31-11-12-32-24(28)20-15(2)26-17-13-25(3,4)14-18(27)22(17)21(20)16-9-8-10-19(29-5)23(16)30-6/h8-10,21,26H,7,11-14H2,1-6H3/t21-/m0/s1. The summed E-state index contributed by atoms with van der Waals surface area (Å²) in [5, 5.41) is 3.34. The third-order valence-electron chi connectivity index (χ3n) is 5.87. The molecule has 0 fully saturated rings. The molecule has 1 aliphatic carbocycles. The Bertz CT molecular complexity index is 959. The van der Waals surface area contributed by atoms with Crippen LogP contribution in [0.15, 0.2) is 40.7 Å². The third-order valence-corrected chi connectivity index (χ3v) is 5.87. The van der Waals surface area contributed by atoms with Crippen LogP contribution in [0.25, 0.3) is 0 Å². The molecular weight excluding hydrogens is 410 g/mol. The van der Waals surface area contributed by atoms with Crippen LogP contribution in [0.2, 0.25) is 0 Å². The summed E-state index contributed by atoms with van der Waals surface area (Å²) in [7, 11) is 3.12. The molecule has 1 N–H and O–H groups in total. The van der Waals surface area contributed by atoms with Crippen LogP contribution in [0.5, 0.6) is 11.5 Å². The zero-order valence-corrected chi connectivity index (χ0v) is 19.8. The lowest BCUT2D eigenvalue weighted by atomic mass is 9.68. The molecule has 174 valence electrons. The summed E-state index contributed by atoms with van der Waals surface area (Å²) in [5.74, 6) is -0.0335. The van der Waals surface area contributed by atoms with Gasteiger partial charge in [-0.25, -0.2) is 4.79 Å². The smallest absolute Gasteiger partial charge is 0.336 e. The van der Waals surface area contributed by atoms with Crippen molar-refractivity contribution in [1.29, 1.82) is 0 Å². The third kappa shape index (κ3) is 4.67. The average Bonchev–Trinajstić information content (AvgIpc) is 2.74. The number of ketones is 1. The van der Waals surface area contributed by atoms with Crippen molar-refractivity contribution in [2.24, 2.45) is 5.41 Å². The lowest BCUT2D eigenvalue weighted by molar-refractivity contribution is -0.140. The predicted molar refractivity (Wildman–Crippen MR) is 121 cm³/mol. The van der Waals surface area contributed by atoms with Crippen molar-refractivity contribution >= 4 is 11.8 Å². The molecule has 1 heterocycles. The van der Waals surface area contributed by atoms with E-state index in [0.717, 1.165) is 5.70 Å². The number of Topliss-reactive ketones (excluding diaryl/α,β-unsaturated/α-hetero) is 1. The summed E-state index contributed by atoms with van der Waals surface area (Å²) in [6.07, 6.45) is 1.11. The van der Waals surface area contributed by atoms with Gasteiger partial charge in [0.1, 0.15) is 6.61 Å². The molecular formula is C25H33NO6. The van der Waals surface area contributed by atoms with E-state index in [1.54, 1.807) is 20.3 Å². The summed E-state index contributed by atoms with van der Waals surface area (Å²) < 4.78 is 22.0. The van der Waals surface area contributed by atoms with E-state index in [9.17, 15) is 9.59 Å². The highest BCUT2D eigenvalue weighted by Crippen LogP contribution is 2.50. The highest BCUT2D eigenvalue weighted by Gasteiger charge is 2.44. The van der Waals surface area contributed by atoms with Gasteiger partial charge in [0, 0.05) is 35.6 Å². The minimum absolute atomic E-state index is 0.0192. The zero-order chi connectivity index (χ0) is 23.5. The van der Waals surface area contributed by atoms with Crippen LogP contribution < -0.4 is 14.8 Å². The first kappa shape index (κ1) is 23.9. The maximum atomic E-state index is 13.4. The first-order valence-electron chi connectivity index (χ1n) is 10.9. The van der Waals surface area contributed by atoms with Gasteiger partial charge in [-0.05, 0) is 31.7 Å². The molecule has 7 nitrogen and oxygen atoms in total. The molecule has 1 aromatic carbocycles. The Hall–Kier alpha value is -2.80. The highest BCUT2D eigenvalue weighted by molar-refractivity contribution is 6.04. The number of para-hydroxylation sites is 1. The van der Waals surface area contributed by atoms with E-state index in [4.69, 9.17) is 18.9 Å². The number of benzene rings is 1. The average molecular weight is 444 g/mol. The lowest BCUT2D eigenvalue weighted by Crippen LogP contribution is -2.39. The van der Waals surface area contributed by atoms with Crippen molar-refractivity contribution in [3.63, 3.8) is 0 Å². The molecule has 32 heavy (non-hydrogen) atoms. The van der Waals surface area contributed by atoms with Gasteiger partial charge >= 0.3 is 5.97 Å². The number of hydrogen-bond donors (Lipinski definition) is 1. The van der Waals surface area contributed by atoms with Gasteiger partial charge in [-0.15, -0.1) is 0 Å². The number of dihydropyridines is 1. The van der Waals surface area contributed by atoms with E-state index < -0.39 is 11.9 Å². The SMILES string of the molecule is CCOCCOC(=O)C1=C(C)NC2=C(C(=O)CC(C)(C)C2)[C@H]1c1cccc(OC)c1OC. The summed E-state index contributed by atoms with van der Waals surface area (Å²) in [5.41, 5.74) is 3.06. The number of carbonyl (C=O) groups excluding carboxylic acids is 2. The molecule has 3 rings (SSSR count). The molecule has 0 unspecified atom stereocenters. The fourth-order valence-electron chi connectivity index (χ4n) is 4.57. The van der Waals surface area contributed by atoms with Crippen LogP contribution in [0.1, 0.15) is 52.0 Å². The molecule has 0 saturated heterocycles. The number of carbonyl (C=O) groups is 2. The van der Waals surface area contributed by atoms with Crippen molar-refractivity contribution in [2.45, 2.75) is 46.5 Å². The van der Waals surface area contributed by atoms with Crippen LogP contribution in [-0.2, 0) is 19.1 Å². The number of hydrogen-bond acceptors (Lipinski definition) is 7. The van der Waals surface area contributed by atoms with Crippen LogP contribution in [0.4, 0.5) is 0 Å². The maximum absolute atomic E-state index is 13.4. The van der Waals surface area contributed by atoms with E-state index in [1.807, 2.05) is 26.0 Å². The molecule has 0 bridgehead atoms. The summed E-state index contributed by atoms with van der Waals surface area (Å²) in [6.45, 7) is 8.88. The number of nitrogens with one attached hydrogen (secondary N) is 1. The molecule has 1 atom stereocenters. The quantitative estimate of drug-likeness (QED) is 0.482. The first-order chi connectivity index (χ1) is 15.2. The molecule has 0 saturated carbocycles. The van der Waals surface area contributed by atoms with Crippen molar-refractivity contribution in [3.05, 3.63) is 46.3 Å². The van der Waals surface area contributed by atoms with Crippen LogP contribution in [0.3, 0.4) is 0 Å². The van der Waals surface area contributed by atoms with Crippen LogP contribution in [0, 0.1) is 5.41 Å². The van der Waals surface area contributed by atoms with Gasteiger partial charge in [0.15, 0.2) is 17.3 Å². The second-order valence-corrected chi connectivity index (χ2v) is 8.85. The van der Waals surface area contributed by atoms with Crippen molar-refractivity contribution < 1.29 is 28.5 Å². The molecule has 0 aromatic heterocycles. The van der Waals surface area contributed by atoms with E-state index in [0.29, 0.717) is 60.0 Å². The van der Waals surface area contributed by atoms with Gasteiger partial charge in [0.2, 0.25) is 0 Å². The molecule has 1 aliphatic heterocycles. The second-order valence-electron chi connectivity index (χ2n) is 8.85. The van der Waals surface area contributed by atoms with Crippen LogP contribution in [-0.4, -0.2) is 45.8 Å². The molecule has 0 amide bonds. The number of esters is 1. The summed E-state index contributed by atoms with van der Waals surface area (Å²) >= 11 is 0. The van der Waals surface area contributed by atoms with Crippen LogP contribution >= 0.6 is 0 Å². The van der Waals surface area contributed by atoms with Crippen molar-refractivity contribution in [3.8, 4) is 11.5 Å². The number of allylic oxidation sites excluding steroid dienone is 3. The maximum Gasteiger partial charge on any atom is 0.336 e. The Morgan fingerprint density at radius 3 is 2.56 bits per heavy atom. The monoisotopic (exact) mass is 443 g/mol. The van der Waals surface area contributed by atoms with Crippen molar-refractivity contribution in [1.82, 2.24) is 5.32 Å². The Labute approximate surface area is 189 Å². The number of methoxy groups -OCH3 is 2. The second kappa shape index (κ2) is 9.77. The fourth-order valence-corrected chi connectivity index (χ4v) is 4.57. The molecule has 0 radical (unpaired) electrons. The first-order valence-corrected chi connectivity index (χ1v) is 10.9. The Morgan fingerprint density at radius 1 is 1.16 bits per heavy atom. The Balaban J connectivity index is 2.13. The lowest BCUT2D eigenvalue weighted by Gasteiger charge is -2.39. The predicted octanol–water partition coefficient (Wildman–Crippen LogP) is 3.89. The highest BCUT2D eigenvalue weighted by atomic mass is 16.6. The minimum Gasteiger partial charge on any atom is -0.493 e. The minimum atomic E-state index is -0.612. The van der Waals surface area contributed by atoms with E-state index in [-0.39, 0.29) is 17.8 Å². The van der Waals surface area contributed by atoms with E-state index in [1.165, 1.54) is 0 Å². The van der Waals surface area contributed by atoms with Gasteiger partial charge in [0.25, 0.3) is 0 Å². The van der Waals surface area contributed by atoms with Gasteiger partial charge < -0.3 is 24.3 Å².